The number of fused-ring (bicyclic) bond motifs is 8. The molecular weight excluding hydrogens is 824 g/mol. The third-order valence-electron chi connectivity index (χ3n) is 10.4. The van der Waals surface area contributed by atoms with Crippen molar-refractivity contribution < 1.29 is 56.7 Å². The fourth-order valence-corrected chi connectivity index (χ4v) is 7.54. The van der Waals surface area contributed by atoms with Gasteiger partial charge in [0.05, 0.1) is 45.0 Å². The number of rotatable bonds is 8. The van der Waals surface area contributed by atoms with Gasteiger partial charge >= 0.3 is 40.9 Å². The molecule has 2 aliphatic heterocycles. The molecule has 3 aromatic heterocycles. The molecule has 0 spiro atoms. The van der Waals surface area contributed by atoms with Crippen molar-refractivity contribution in [1.82, 2.24) is 19.9 Å². The van der Waals surface area contributed by atoms with Crippen molar-refractivity contribution in [1.29, 1.82) is 0 Å². The number of nitrogens with one attached hydrogen (secondary N) is 2. The van der Waals surface area contributed by atoms with Crippen LogP contribution in [-0.4, -0.2) is 64.2 Å². The summed E-state index contributed by atoms with van der Waals surface area (Å²) >= 11 is 0. The van der Waals surface area contributed by atoms with Gasteiger partial charge in [0, 0.05) is 44.3 Å². The van der Waals surface area contributed by atoms with E-state index in [0.29, 0.717) is 89.4 Å². The second-order valence-corrected chi connectivity index (χ2v) is 14.0. The molecule has 6 N–H and O–H groups in total. The second-order valence-electron chi connectivity index (χ2n) is 14.0. The summed E-state index contributed by atoms with van der Waals surface area (Å²) in [6, 6.07) is 33.6. The number of H-pyrrole nitrogens is 2. The Kier molecular flexibility index (Phi) is 10.4. The molecule has 299 valence electrons. The minimum atomic E-state index is -1.07. The van der Waals surface area contributed by atoms with E-state index in [2.05, 4.69) is 9.97 Å². The average molecular weight is 854 g/mol. The quantitative estimate of drug-likeness (QED) is 0.0798. The number of hydrogen-bond donors (Lipinski definition) is 6. The van der Waals surface area contributed by atoms with Crippen LogP contribution in [0.3, 0.4) is 0 Å². The predicted molar refractivity (Wildman–Crippen MR) is 228 cm³/mol. The van der Waals surface area contributed by atoms with Gasteiger partial charge in [0.15, 0.2) is 0 Å². The smallest absolute Gasteiger partial charge is 0.478 e. The Morgan fingerprint density at radius 3 is 0.836 bits per heavy atom. The molecule has 4 aromatic carbocycles. The number of aromatic nitrogens is 4. The first-order chi connectivity index (χ1) is 29.0. The Labute approximate surface area is 356 Å². The van der Waals surface area contributed by atoms with Crippen molar-refractivity contribution in [3.8, 4) is 44.5 Å². The summed E-state index contributed by atoms with van der Waals surface area (Å²) in [7, 11) is 0. The Hall–Kier alpha value is -8.12. The molecule has 1 radical (unpaired) electrons. The van der Waals surface area contributed by atoms with E-state index in [0.717, 1.165) is 0 Å². The Morgan fingerprint density at radius 1 is 0.328 bits per heavy atom. The molecule has 0 unspecified atom stereocenters. The fraction of sp³-hybridized carbons (Fsp3) is 0. The molecule has 7 aromatic rings. The Balaban J connectivity index is 0.00000514. The molecule has 0 aliphatic carbocycles. The number of benzene rings is 4. The molecule has 0 amide bonds. The van der Waals surface area contributed by atoms with Gasteiger partial charge in [-0.3, -0.25) is 0 Å². The molecule has 61 heavy (non-hydrogen) atoms. The molecule has 13 heteroatoms. The van der Waals surface area contributed by atoms with E-state index in [1.54, 1.807) is 48.5 Å². The molecule has 0 saturated heterocycles. The number of nitrogens with zero attached hydrogens (tertiary/aromatic N) is 2. The van der Waals surface area contributed by atoms with Gasteiger partial charge in [-0.05, 0) is 119 Å². The van der Waals surface area contributed by atoms with Crippen LogP contribution in [0.5, 0.6) is 0 Å². The standard InChI is InChI=1S/C48H30N4O8.Cu/c53-45(54)29-9-1-25(2-10-29)41-33-17-19-35(49-33)42(26-3-11-30(12-4-26)46(55)56)37-21-23-39(51-37)44(28-7-15-32(16-8-28)48(59)60)40-24-22-38(52-40)43(36-20-18-34(41)50-36)27-5-13-31(14-6-27)47(57)58;/h1-24,49-50H,(H,53,54)(H,55,56)(H,57,58)(H,59,60);/q;+2. The van der Waals surface area contributed by atoms with Crippen LogP contribution in [0.4, 0.5) is 0 Å². The van der Waals surface area contributed by atoms with E-state index < -0.39 is 23.9 Å². The molecule has 0 atom stereocenters. The second kappa shape index (κ2) is 15.9. The van der Waals surface area contributed by atoms with E-state index in [4.69, 9.17) is 9.97 Å². The minimum absolute atomic E-state index is 0. The van der Waals surface area contributed by atoms with E-state index >= 15 is 0 Å². The fourth-order valence-electron chi connectivity index (χ4n) is 7.54. The van der Waals surface area contributed by atoms with Gasteiger partial charge in [0.1, 0.15) is 0 Å². The van der Waals surface area contributed by atoms with Crippen molar-refractivity contribution in [3.63, 3.8) is 0 Å². The first-order valence-corrected chi connectivity index (χ1v) is 18.5. The third kappa shape index (κ3) is 7.42. The number of carboxylic acid groups (broad SMARTS) is 4. The maximum Gasteiger partial charge on any atom is 2.00 e. The SMILES string of the molecule is O=C(O)c1ccc(-c2c3nc(c(-c4ccc(C(=O)O)cc4)c4ccc([nH]4)c(-c4ccc(C(=O)O)cc4)c4ccc([nH]4)c(-c4ccc(C(=O)O)cc4)c4nc2C=C4)C=C3)cc1.[Cu+2]. The summed E-state index contributed by atoms with van der Waals surface area (Å²) in [5.41, 5.74) is 10.7. The van der Waals surface area contributed by atoms with Gasteiger partial charge in [0.2, 0.25) is 0 Å². The van der Waals surface area contributed by atoms with Crippen LogP contribution in [-0.2, 0) is 17.1 Å². The van der Waals surface area contributed by atoms with Gasteiger partial charge in [-0.2, -0.15) is 0 Å². The predicted octanol–water partition coefficient (Wildman–Crippen LogP) is 10.1. The zero-order valence-electron chi connectivity index (χ0n) is 31.5. The van der Waals surface area contributed by atoms with E-state index in [1.165, 1.54) is 48.5 Å². The summed E-state index contributed by atoms with van der Waals surface area (Å²) in [6.45, 7) is 0. The first kappa shape index (κ1) is 39.7. The topological polar surface area (TPSA) is 207 Å². The Bertz CT molecular complexity index is 3030. The molecule has 12 nitrogen and oxygen atoms in total. The molecular formula is C48H30CuN4O8+2. The van der Waals surface area contributed by atoms with Gasteiger partial charge < -0.3 is 30.4 Å². The van der Waals surface area contributed by atoms with Gasteiger partial charge in [-0.1, -0.05) is 48.5 Å². The number of aromatic carboxylic acids is 4. The maximum absolute atomic E-state index is 11.8. The molecule has 8 bridgehead atoms. The van der Waals surface area contributed by atoms with Crippen LogP contribution in [0.1, 0.15) is 64.2 Å². The zero-order valence-corrected chi connectivity index (χ0v) is 32.4. The van der Waals surface area contributed by atoms with Crippen molar-refractivity contribution >= 4 is 70.2 Å². The van der Waals surface area contributed by atoms with Crippen molar-refractivity contribution in [3.05, 3.63) is 166 Å². The van der Waals surface area contributed by atoms with Crippen LogP contribution in [0.25, 0.3) is 90.9 Å². The van der Waals surface area contributed by atoms with E-state index in [9.17, 15) is 39.6 Å². The number of aromatic amines is 2. The summed E-state index contributed by atoms with van der Waals surface area (Å²) < 4.78 is 0. The summed E-state index contributed by atoms with van der Waals surface area (Å²) in [6.07, 6.45) is 7.42. The monoisotopic (exact) mass is 853 g/mol. The molecule has 0 fully saturated rings. The van der Waals surface area contributed by atoms with Crippen LogP contribution in [0.15, 0.2) is 121 Å². The van der Waals surface area contributed by atoms with Crippen molar-refractivity contribution in [2.45, 2.75) is 0 Å². The number of carbonyl (C=O) groups is 4. The number of hydrogen-bond acceptors (Lipinski definition) is 6. The van der Waals surface area contributed by atoms with Crippen molar-refractivity contribution in [2.24, 2.45) is 0 Å². The van der Waals surface area contributed by atoms with Crippen molar-refractivity contribution in [2.75, 3.05) is 0 Å². The summed E-state index contributed by atoms with van der Waals surface area (Å²) in [5.74, 6) is -4.25. The largest absolute Gasteiger partial charge is 2.00 e. The summed E-state index contributed by atoms with van der Waals surface area (Å²) in [4.78, 5) is 64.8. The average Bonchev–Trinajstić information content (AvgIpc) is 4.10. The molecule has 0 saturated carbocycles. The van der Waals surface area contributed by atoms with E-state index in [-0.39, 0.29) is 39.3 Å². The Morgan fingerprint density at radius 2 is 0.557 bits per heavy atom. The van der Waals surface area contributed by atoms with Gasteiger partial charge in [0.25, 0.3) is 0 Å². The third-order valence-corrected chi connectivity index (χ3v) is 10.4. The molecule has 9 rings (SSSR count). The van der Waals surface area contributed by atoms with Crippen LogP contribution in [0, 0.1) is 0 Å². The summed E-state index contributed by atoms with van der Waals surface area (Å²) in [5, 5.41) is 38.7. The molecule has 2 aliphatic rings. The van der Waals surface area contributed by atoms with Gasteiger partial charge in [-0.15, -0.1) is 0 Å². The van der Waals surface area contributed by atoms with Crippen LogP contribution >= 0.6 is 0 Å². The number of carboxylic acids is 4. The minimum Gasteiger partial charge on any atom is -0.478 e. The normalized spacial score (nSPS) is 11.5. The van der Waals surface area contributed by atoms with Crippen LogP contribution < -0.4 is 0 Å². The zero-order chi connectivity index (χ0) is 41.7. The first-order valence-electron chi connectivity index (χ1n) is 18.5. The van der Waals surface area contributed by atoms with Crippen LogP contribution in [0.2, 0.25) is 0 Å². The maximum atomic E-state index is 11.8. The molecule has 5 heterocycles. The van der Waals surface area contributed by atoms with E-state index in [1.807, 2.05) is 48.6 Å². The van der Waals surface area contributed by atoms with Gasteiger partial charge in [-0.25, -0.2) is 29.1 Å².